The van der Waals surface area contributed by atoms with Crippen LogP contribution in [0.4, 0.5) is 4.39 Å². The second-order valence-corrected chi connectivity index (χ2v) is 7.58. The Hall–Kier alpha value is -1.05. The minimum Gasteiger partial charge on any atom is -0.386 e. The number of hydrogen-bond acceptors (Lipinski definition) is 5. The summed E-state index contributed by atoms with van der Waals surface area (Å²) in [6.45, 7) is 3.46. The van der Waals surface area contributed by atoms with E-state index in [1.807, 2.05) is 11.8 Å². The van der Waals surface area contributed by atoms with Crippen LogP contribution >= 0.6 is 0 Å². The van der Waals surface area contributed by atoms with Gasteiger partial charge in [0.1, 0.15) is 5.82 Å². The molecule has 20 heavy (non-hydrogen) atoms. The highest BCUT2D eigenvalue weighted by molar-refractivity contribution is 7.91. The fourth-order valence-electron chi connectivity index (χ4n) is 2.29. The molecule has 0 aliphatic carbocycles. The number of pyridine rings is 1. The van der Waals surface area contributed by atoms with Gasteiger partial charge in [0.25, 0.3) is 0 Å². The molecule has 112 valence electrons. The molecule has 1 saturated heterocycles. The number of aliphatic hydroxyl groups excluding tert-OH is 1. The van der Waals surface area contributed by atoms with Crippen molar-refractivity contribution in [3.8, 4) is 0 Å². The van der Waals surface area contributed by atoms with E-state index in [-0.39, 0.29) is 17.4 Å². The lowest BCUT2D eigenvalue weighted by molar-refractivity contribution is 0.0870. The minimum atomic E-state index is -2.89. The normalized spacial score (nSPS) is 22.4. The molecule has 2 rings (SSSR count). The molecule has 1 fully saturated rings. The maximum atomic E-state index is 12.8. The number of rotatable bonds is 4. The lowest BCUT2D eigenvalue weighted by Gasteiger charge is -2.30. The van der Waals surface area contributed by atoms with E-state index >= 15 is 0 Å². The second kappa shape index (κ2) is 6.15. The maximum Gasteiger partial charge on any atom is 0.152 e. The van der Waals surface area contributed by atoms with E-state index in [9.17, 15) is 17.9 Å². The summed E-state index contributed by atoms with van der Waals surface area (Å²) in [7, 11) is -2.89. The molecule has 1 aromatic heterocycles. The molecule has 0 amide bonds. The highest BCUT2D eigenvalue weighted by Crippen LogP contribution is 2.21. The van der Waals surface area contributed by atoms with Crippen molar-refractivity contribution in [2.45, 2.75) is 13.0 Å². The highest BCUT2D eigenvalue weighted by atomic mass is 32.2. The first kappa shape index (κ1) is 15.3. The summed E-state index contributed by atoms with van der Waals surface area (Å²) in [5, 5.41) is 10.2. The zero-order valence-electron chi connectivity index (χ0n) is 11.4. The Kier molecular flexibility index (Phi) is 4.72. The summed E-state index contributed by atoms with van der Waals surface area (Å²) < 4.78 is 35.5. The van der Waals surface area contributed by atoms with Crippen LogP contribution < -0.4 is 0 Å². The van der Waals surface area contributed by atoms with Crippen molar-refractivity contribution in [1.29, 1.82) is 0 Å². The molecule has 0 aromatic carbocycles. The van der Waals surface area contributed by atoms with Crippen LogP contribution in [-0.4, -0.2) is 54.5 Å². The second-order valence-electron chi connectivity index (χ2n) is 5.28. The van der Waals surface area contributed by atoms with E-state index in [1.54, 1.807) is 0 Å². The lowest BCUT2D eigenvalue weighted by atomic mass is 10.0. The summed E-state index contributed by atoms with van der Waals surface area (Å²) in [4.78, 5) is 5.90. The molecule has 2 heterocycles. The van der Waals surface area contributed by atoms with E-state index in [1.165, 1.54) is 12.1 Å². The molecule has 2 atom stereocenters. The molecule has 0 radical (unpaired) electrons. The number of nitrogens with zero attached hydrogens (tertiary/aromatic N) is 2. The molecule has 7 heteroatoms. The van der Waals surface area contributed by atoms with Crippen LogP contribution in [0.25, 0.3) is 0 Å². The fourth-order valence-corrected chi connectivity index (χ4v) is 3.57. The third-order valence-electron chi connectivity index (χ3n) is 3.58. The first-order chi connectivity index (χ1) is 9.37. The molecule has 1 aliphatic heterocycles. The average Bonchev–Trinajstić information content (AvgIpc) is 2.41. The lowest BCUT2D eigenvalue weighted by Crippen LogP contribution is -2.43. The van der Waals surface area contributed by atoms with Crippen molar-refractivity contribution in [1.82, 2.24) is 9.88 Å². The fraction of sp³-hybridized carbons (Fsp3) is 0.615. The van der Waals surface area contributed by atoms with Crippen molar-refractivity contribution in [3.63, 3.8) is 0 Å². The van der Waals surface area contributed by atoms with Crippen LogP contribution in [0.5, 0.6) is 0 Å². The largest absolute Gasteiger partial charge is 0.386 e. The van der Waals surface area contributed by atoms with Crippen molar-refractivity contribution >= 4 is 9.84 Å². The summed E-state index contributed by atoms with van der Waals surface area (Å²) in [6.07, 6.45) is 0.299. The number of sulfone groups is 1. The summed E-state index contributed by atoms with van der Waals surface area (Å²) in [5.74, 6) is -0.196. The molecular formula is C13H19FN2O3S. The first-order valence-corrected chi connectivity index (χ1v) is 8.42. The van der Waals surface area contributed by atoms with Gasteiger partial charge in [0.05, 0.1) is 29.5 Å². The van der Waals surface area contributed by atoms with Crippen LogP contribution in [0.3, 0.4) is 0 Å². The Morgan fingerprint density at radius 1 is 1.40 bits per heavy atom. The van der Waals surface area contributed by atoms with Gasteiger partial charge in [0.2, 0.25) is 0 Å². The Morgan fingerprint density at radius 2 is 2.05 bits per heavy atom. The zero-order valence-corrected chi connectivity index (χ0v) is 12.2. The average molecular weight is 302 g/mol. The number of aliphatic hydroxyl groups is 1. The number of aromatic nitrogens is 1. The van der Waals surface area contributed by atoms with E-state index < -0.39 is 21.8 Å². The molecular weight excluding hydrogens is 283 g/mol. The number of hydrogen-bond donors (Lipinski definition) is 1. The third-order valence-corrected chi connectivity index (χ3v) is 5.18. The van der Waals surface area contributed by atoms with Crippen LogP contribution in [0.2, 0.25) is 0 Å². The molecule has 5 nitrogen and oxygen atoms in total. The Morgan fingerprint density at radius 3 is 2.60 bits per heavy atom. The van der Waals surface area contributed by atoms with Crippen molar-refractivity contribution in [3.05, 3.63) is 29.8 Å². The van der Waals surface area contributed by atoms with Gasteiger partial charge in [-0.1, -0.05) is 6.92 Å². The Bertz CT molecular complexity index is 533. The summed E-state index contributed by atoms with van der Waals surface area (Å²) >= 11 is 0. The van der Waals surface area contributed by atoms with Crippen LogP contribution in [-0.2, 0) is 9.84 Å². The first-order valence-electron chi connectivity index (χ1n) is 6.60. The van der Waals surface area contributed by atoms with Crippen LogP contribution in [0.1, 0.15) is 18.7 Å². The van der Waals surface area contributed by atoms with Gasteiger partial charge in [0.15, 0.2) is 9.84 Å². The molecule has 0 bridgehead atoms. The van der Waals surface area contributed by atoms with Crippen molar-refractivity contribution < 1.29 is 17.9 Å². The Balaban J connectivity index is 1.91. The van der Waals surface area contributed by atoms with E-state index in [0.717, 1.165) is 6.20 Å². The molecule has 0 saturated carbocycles. The quantitative estimate of drug-likeness (QED) is 0.883. The summed E-state index contributed by atoms with van der Waals surface area (Å²) in [6, 6.07) is 2.74. The van der Waals surface area contributed by atoms with Gasteiger partial charge in [-0.3, -0.25) is 4.98 Å². The van der Waals surface area contributed by atoms with Gasteiger partial charge in [-0.2, -0.15) is 0 Å². The van der Waals surface area contributed by atoms with Crippen LogP contribution in [0.15, 0.2) is 18.3 Å². The monoisotopic (exact) mass is 302 g/mol. The van der Waals surface area contributed by atoms with Gasteiger partial charge in [-0.25, -0.2) is 12.8 Å². The van der Waals surface area contributed by atoms with E-state index in [2.05, 4.69) is 4.98 Å². The molecule has 1 aliphatic rings. The van der Waals surface area contributed by atoms with E-state index in [0.29, 0.717) is 25.3 Å². The minimum absolute atomic E-state index is 0.103. The van der Waals surface area contributed by atoms with Gasteiger partial charge in [0, 0.05) is 25.6 Å². The predicted octanol–water partition coefficient (Wildman–Crippen LogP) is 0.621. The standard InChI is InChI=1S/C13H19FN2O3S/c1-10(9-16-4-6-20(18,19)7-5-16)13(17)12-3-2-11(14)8-15-12/h2-3,8,10,13,17H,4-7,9H2,1H3. The topological polar surface area (TPSA) is 70.5 Å². The highest BCUT2D eigenvalue weighted by Gasteiger charge is 2.25. The SMILES string of the molecule is CC(CN1CCS(=O)(=O)CC1)C(O)c1ccc(F)cn1. The van der Waals surface area contributed by atoms with Crippen LogP contribution in [0, 0.1) is 11.7 Å². The van der Waals surface area contributed by atoms with Gasteiger partial charge in [-0.15, -0.1) is 0 Å². The van der Waals surface area contributed by atoms with Gasteiger partial charge >= 0.3 is 0 Å². The Labute approximate surface area is 118 Å². The van der Waals surface area contributed by atoms with Gasteiger partial charge < -0.3 is 10.0 Å². The molecule has 0 spiro atoms. The van der Waals surface area contributed by atoms with Crippen molar-refractivity contribution in [2.75, 3.05) is 31.1 Å². The molecule has 1 aromatic rings. The maximum absolute atomic E-state index is 12.8. The summed E-state index contributed by atoms with van der Waals surface area (Å²) in [5.41, 5.74) is 0.434. The molecule has 1 N–H and O–H groups in total. The zero-order chi connectivity index (χ0) is 14.8. The predicted molar refractivity (Wildman–Crippen MR) is 73.4 cm³/mol. The third kappa shape index (κ3) is 3.97. The van der Waals surface area contributed by atoms with Crippen molar-refractivity contribution in [2.24, 2.45) is 5.92 Å². The smallest absolute Gasteiger partial charge is 0.152 e. The van der Waals surface area contributed by atoms with Gasteiger partial charge in [-0.05, 0) is 12.1 Å². The van der Waals surface area contributed by atoms with E-state index in [4.69, 9.17) is 0 Å². The number of halogens is 1. The molecule has 2 unspecified atom stereocenters.